The van der Waals surface area contributed by atoms with Gasteiger partial charge in [0, 0.05) is 17.7 Å². The van der Waals surface area contributed by atoms with E-state index in [9.17, 15) is 29.4 Å². The summed E-state index contributed by atoms with van der Waals surface area (Å²) in [7, 11) is 0. The van der Waals surface area contributed by atoms with Gasteiger partial charge in [-0.05, 0) is 38.1 Å². The number of aromatic nitrogens is 3. The summed E-state index contributed by atoms with van der Waals surface area (Å²) in [4.78, 5) is 64.8. The zero-order valence-electron chi connectivity index (χ0n) is 23.0. The molecular formula is C24H28N9O7S3+. The molecule has 19 heteroatoms. The third kappa shape index (κ3) is 6.52. The molecule has 2 unspecified atom stereocenters. The summed E-state index contributed by atoms with van der Waals surface area (Å²) in [6, 6.07) is 0.413. The number of hydrogen-bond donors (Lipinski definition) is 6. The molecule has 0 aliphatic carbocycles. The van der Waals surface area contributed by atoms with Gasteiger partial charge in [-0.2, -0.15) is 4.57 Å². The standard InChI is InChI=1S/C24H27N9O7S3/c1-4-5-32-13(26)6-12(25)29-23(32)42-9-10-8-41-19-15(18(35)33(19)16(10)20(36)37)30-17(34)14(11-7-28-22(27)43-11)31-40-24(2,3)21(38)39/h4-7,15,19H,8-9H2,1-3H3,(H8,25,26,27,28,30,31,34,36,37,38,39)/p+1/b5-4+. The fourth-order valence-corrected chi connectivity index (χ4v) is 7.03. The van der Waals surface area contributed by atoms with Crippen molar-refractivity contribution in [3.63, 3.8) is 0 Å². The van der Waals surface area contributed by atoms with E-state index in [2.05, 4.69) is 20.4 Å². The van der Waals surface area contributed by atoms with Gasteiger partial charge in [0.15, 0.2) is 10.8 Å². The number of nitrogens with two attached hydrogens (primary N) is 3. The lowest BCUT2D eigenvalue weighted by Gasteiger charge is -2.49. The number of aliphatic carboxylic acids is 2. The number of carboxylic acids is 2. The molecule has 9 N–H and O–H groups in total. The number of thiazole rings is 1. The molecule has 228 valence electrons. The number of hydrogen-bond acceptors (Lipinski definition) is 14. The number of nitrogens with one attached hydrogen (secondary N) is 1. The van der Waals surface area contributed by atoms with Crippen molar-refractivity contribution in [1.82, 2.24) is 20.2 Å². The summed E-state index contributed by atoms with van der Waals surface area (Å²) in [6.07, 6.45) is 4.71. The third-order valence-corrected chi connectivity index (χ3v) is 9.28. The molecule has 0 bridgehead atoms. The van der Waals surface area contributed by atoms with E-state index >= 15 is 0 Å². The molecule has 4 heterocycles. The SMILES string of the molecule is C/C=C/[n+]1c(N)cc(N)nc1SCC1=C(C(=O)O)N2C(=O)C(NC(=O)/C(=N\OC(C)(C)C(=O)O)c3cnc(N)s3)C2SC1. The monoisotopic (exact) mass is 650 g/mol. The summed E-state index contributed by atoms with van der Waals surface area (Å²) in [5.74, 6) is -3.15. The first-order valence-electron chi connectivity index (χ1n) is 12.4. The van der Waals surface area contributed by atoms with Gasteiger partial charge in [-0.3, -0.25) is 14.5 Å². The molecule has 0 aromatic carbocycles. The van der Waals surface area contributed by atoms with Gasteiger partial charge in [0.1, 0.15) is 17.1 Å². The van der Waals surface area contributed by atoms with Crippen LogP contribution in [0.2, 0.25) is 0 Å². The highest BCUT2D eigenvalue weighted by Gasteiger charge is 2.54. The van der Waals surface area contributed by atoms with Crippen LogP contribution in [-0.2, 0) is 24.0 Å². The molecule has 2 atom stereocenters. The largest absolute Gasteiger partial charge is 0.478 e. The van der Waals surface area contributed by atoms with Crippen LogP contribution in [-0.4, -0.2) is 83.1 Å². The van der Waals surface area contributed by atoms with E-state index in [1.54, 1.807) is 23.8 Å². The second-order valence-electron chi connectivity index (χ2n) is 9.56. The van der Waals surface area contributed by atoms with Crippen LogP contribution in [0.5, 0.6) is 0 Å². The number of oxime groups is 1. The van der Waals surface area contributed by atoms with E-state index in [1.807, 2.05) is 0 Å². The molecule has 2 aromatic heterocycles. The van der Waals surface area contributed by atoms with E-state index in [4.69, 9.17) is 22.0 Å². The predicted molar refractivity (Wildman–Crippen MR) is 161 cm³/mol. The number of carboxylic acid groups (broad SMARTS) is 2. The Morgan fingerprint density at radius 3 is 2.65 bits per heavy atom. The number of β-lactam (4-membered cyclic amide) rings is 1. The maximum atomic E-state index is 13.3. The van der Waals surface area contributed by atoms with Crippen LogP contribution < -0.4 is 27.1 Å². The smallest absolute Gasteiger partial charge is 0.352 e. The lowest BCUT2D eigenvalue weighted by molar-refractivity contribution is -0.599. The van der Waals surface area contributed by atoms with Crippen LogP contribution in [0.15, 0.2) is 39.9 Å². The molecular weight excluding hydrogens is 623 g/mol. The van der Waals surface area contributed by atoms with E-state index < -0.39 is 40.8 Å². The molecule has 2 amide bonds. The van der Waals surface area contributed by atoms with Gasteiger partial charge in [-0.1, -0.05) is 27.6 Å². The first kappa shape index (κ1) is 31.6. The molecule has 43 heavy (non-hydrogen) atoms. The lowest BCUT2D eigenvalue weighted by atomic mass is 10.0. The molecule has 0 spiro atoms. The summed E-state index contributed by atoms with van der Waals surface area (Å²) in [5, 5.41) is 25.5. The maximum absolute atomic E-state index is 13.3. The number of rotatable bonds is 11. The molecule has 1 saturated heterocycles. The topological polar surface area (TPSA) is 253 Å². The zero-order chi connectivity index (χ0) is 31.6. The summed E-state index contributed by atoms with van der Waals surface area (Å²) >= 11 is 3.39. The normalized spacial score (nSPS) is 18.8. The van der Waals surface area contributed by atoms with Crippen molar-refractivity contribution in [2.45, 2.75) is 42.9 Å². The minimum Gasteiger partial charge on any atom is -0.478 e. The second-order valence-corrected chi connectivity index (χ2v) is 12.7. The van der Waals surface area contributed by atoms with E-state index in [0.29, 0.717) is 16.5 Å². The molecule has 4 rings (SSSR count). The number of anilines is 3. The van der Waals surface area contributed by atoms with Crippen LogP contribution in [0.3, 0.4) is 0 Å². The first-order valence-corrected chi connectivity index (χ1v) is 15.3. The number of fused-ring (bicyclic) bond motifs is 1. The van der Waals surface area contributed by atoms with Crippen LogP contribution in [0.25, 0.3) is 6.20 Å². The number of allylic oxidation sites excluding steroid dienone is 1. The Morgan fingerprint density at radius 2 is 2.05 bits per heavy atom. The van der Waals surface area contributed by atoms with Crippen molar-refractivity contribution >= 4 is 87.3 Å². The van der Waals surface area contributed by atoms with E-state index in [1.165, 1.54) is 49.6 Å². The Labute approximate surface area is 257 Å². The average Bonchev–Trinajstić information content (AvgIpc) is 3.36. The zero-order valence-corrected chi connectivity index (χ0v) is 25.5. The molecule has 1 fully saturated rings. The number of nitrogens with zero attached hydrogens (tertiary/aromatic N) is 5. The molecule has 2 aromatic rings. The predicted octanol–water partition coefficient (Wildman–Crippen LogP) is 0.178. The van der Waals surface area contributed by atoms with Crippen molar-refractivity contribution in [2.75, 3.05) is 28.7 Å². The Hall–Kier alpha value is -4.36. The van der Waals surface area contributed by atoms with E-state index in [0.717, 1.165) is 16.2 Å². The Morgan fingerprint density at radius 1 is 1.33 bits per heavy atom. The van der Waals surface area contributed by atoms with Gasteiger partial charge in [0.05, 0.1) is 17.1 Å². The lowest BCUT2D eigenvalue weighted by Crippen LogP contribution is -2.71. The Bertz CT molecular complexity index is 1590. The Kier molecular flexibility index (Phi) is 9.16. The van der Waals surface area contributed by atoms with Gasteiger partial charge in [0.2, 0.25) is 17.2 Å². The summed E-state index contributed by atoms with van der Waals surface area (Å²) in [5.41, 5.74) is 15.8. The summed E-state index contributed by atoms with van der Waals surface area (Å²) < 4.78 is 1.61. The summed E-state index contributed by atoms with van der Waals surface area (Å²) in [6.45, 7) is 4.29. The molecule has 2 aliphatic heterocycles. The van der Waals surface area contributed by atoms with Gasteiger partial charge < -0.3 is 37.6 Å². The van der Waals surface area contributed by atoms with Crippen molar-refractivity contribution in [2.24, 2.45) is 5.16 Å². The highest BCUT2D eigenvalue weighted by Crippen LogP contribution is 2.41. The molecule has 0 saturated carbocycles. The van der Waals surface area contributed by atoms with Crippen molar-refractivity contribution < 1.29 is 38.8 Å². The quantitative estimate of drug-likeness (QED) is 0.0474. The van der Waals surface area contributed by atoms with Crippen LogP contribution in [0, 0.1) is 0 Å². The molecule has 2 aliphatic rings. The van der Waals surface area contributed by atoms with Crippen LogP contribution in [0.1, 0.15) is 25.6 Å². The van der Waals surface area contributed by atoms with Crippen molar-refractivity contribution in [3.8, 4) is 0 Å². The van der Waals surface area contributed by atoms with E-state index in [-0.39, 0.29) is 38.7 Å². The number of carbonyl (C=O) groups excluding carboxylic acids is 2. The van der Waals surface area contributed by atoms with Crippen molar-refractivity contribution in [3.05, 3.63) is 34.5 Å². The fourth-order valence-electron chi connectivity index (χ4n) is 3.88. The van der Waals surface area contributed by atoms with Gasteiger partial charge >= 0.3 is 17.1 Å². The van der Waals surface area contributed by atoms with Crippen LogP contribution >= 0.6 is 34.9 Å². The molecule has 0 radical (unpaired) electrons. The van der Waals surface area contributed by atoms with Gasteiger partial charge in [0.25, 0.3) is 11.8 Å². The minimum atomic E-state index is -1.77. The van der Waals surface area contributed by atoms with Crippen LogP contribution in [0.4, 0.5) is 16.8 Å². The van der Waals surface area contributed by atoms with Crippen molar-refractivity contribution in [1.29, 1.82) is 0 Å². The number of amides is 2. The highest BCUT2D eigenvalue weighted by atomic mass is 32.2. The number of thioether (sulfide) groups is 2. The highest BCUT2D eigenvalue weighted by molar-refractivity contribution is 8.01. The van der Waals surface area contributed by atoms with Gasteiger partial charge in [-0.25, -0.2) is 14.6 Å². The minimum absolute atomic E-state index is 0.121. The third-order valence-electron chi connectivity index (χ3n) is 6.07. The van der Waals surface area contributed by atoms with Gasteiger partial charge in [-0.15, -0.1) is 11.8 Å². The second kappa shape index (κ2) is 12.5. The maximum Gasteiger partial charge on any atom is 0.352 e. The number of carbonyl (C=O) groups is 4. The average molecular weight is 651 g/mol. The number of nitrogen functional groups attached to an aromatic ring is 3. The fraction of sp³-hybridized carbons (Fsp3) is 0.333. The Balaban J connectivity index is 1.54. The first-order chi connectivity index (χ1) is 20.2. The molecule has 16 nitrogen and oxygen atoms in total.